The first-order valence-electron chi connectivity index (χ1n) is 10.6. The lowest BCUT2D eigenvalue weighted by Crippen LogP contribution is -2.41. The summed E-state index contributed by atoms with van der Waals surface area (Å²) < 4.78 is 0. The molecule has 8 nitrogen and oxygen atoms in total. The Morgan fingerprint density at radius 2 is 1.90 bits per heavy atom. The van der Waals surface area contributed by atoms with Crippen LogP contribution in [0.5, 0.6) is 0 Å². The van der Waals surface area contributed by atoms with Crippen molar-refractivity contribution in [2.24, 2.45) is 11.8 Å². The molecular weight excluding hydrogens is 416 g/mol. The topological polar surface area (TPSA) is 115 Å². The van der Waals surface area contributed by atoms with Gasteiger partial charge in [-0.1, -0.05) is 18.5 Å². The number of ketones is 1. The highest BCUT2D eigenvalue weighted by Crippen LogP contribution is 2.26. The molecule has 1 saturated heterocycles. The van der Waals surface area contributed by atoms with E-state index in [4.69, 9.17) is 17.3 Å². The number of hydrogen-bond donors (Lipinski definition) is 1. The lowest BCUT2D eigenvalue weighted by Gasteiger charge is -2.33. The van der Waals surface area contributed by atoms with Crippen molar-refractivity contribution < 1.29 is 9.59 Å². The lowest BCUT2D eigenvalue weighted by molar-refractivity contribution is -0.136. The van der Waals surface area contributed by atoms with E-state index in [0.29, 0.717) is 30.6 Å². The highest BCUT2D eigenvalue weighted by atomic mass is 35.5. The van der Waals surface area contributed by atoms with E-state index < -0.39 is 5.92 Å². The number of piperidine rings is 1. The van der Waals surface area contributed by atoms with E-state index >= 15 is 0 Å². The average Bonchev–Trinajstić information content (AvgIpc) is 2.72. The second kappa shape index (κ2) is 10.1. The predicted octanol–water partition coefficient (Wildman–Crippen LogP) is 3.20. The molecular formula is C22H29ClN6O2. The Morgan fingerprint density at radius 3 is 2.55 bits per heavy atom. The number of amides is 1. The molecule has 31 heavy (non-hydrogen) atoms. The molecule has 9 heteroatoms. The van der Waals surface area contributed by atoms with Gasteiger partial charge in [0.1, 0.15) is 22.5 Å². The van der Waals surface area contributed by atoms with Crippen LogP contribution in [0.2, 0.25) is 5.15 Å². The minimum Gasteiger partial charge on any atom is -0.383 e. The molecule has 1 aliphatic rings. The molecule has 0 unspecified atom stereocenters. The van der Waals surface area contributed by atoms with Crippen LogP contribution >= 0.6 is 11.6 Å². The van der Waals surface area contributed by atoms with Crippen LogP contribution in [0.25, 0.3) is 0 Å². The third kappa shape index (κ3) is 5.97. The molecule has 0 bridgehead atoms. The Bertz CT molecular complexity index is 936. The summed E-state index contributed by atoms with van der Waals surface area (Å²) >= 11 is 5.80. The maximum atomic E-state index is 12.8. The number of Topliss-reactive ketones (excluding diaryl/α,β-unsaturated/α-hetero) is 1. The number of halogens is 1. The van der Waals surface area contributed by atoms with Crippen LogP contribution in [0.15, 0.2) is 12.4 Å². The molecule has 0 spiro atoms. The summed E-state index contributed by atoms with van der Waals surface area (Å²) in [4.78, 5) is 43.6. The van der Waals surface area contributed by atoms with Gasteiger partial charge in [0, 0.05) is 36.7 Å². The zero-order valence-electron chi connectivity index (χ0n) is 18.3. The van der Waals surface area contributed by atoms with E-state index in [1.165, 1.54) is 12.4 Å². The van der Waals surface area contributed by atoms with Gasteiger partial charge in [-0.2, -0.15) is 0 Å². The Balaban J connectivity index is 1.47. The van der Waals surface area contributed by atoms with Gasteiger partial charge in [0.25, 0.3) is 0 Å². The van der Waals surface area contributed by atoms with E-state index in [-0.39, 0.29) is 29.0 Å². The van der Waals surface area contributed by atoms with Crippen molar-refractivity contribution in [1.82, 2.24) is 24.8 Å². The average molecular weight is 445 g/mol. The number of hydrogen-bond acceptors (Lipinski definition) is 7. The highest BCUT2D eigenvalue weighted by Gasteiger charge is 2.28. The Morgan fingerprint density at radius 1 is 1.19 bits per heavy atom. The van der Waals surface area contributed by atoms with E-state index in [0.717, 1.165) is 36.9 Å². The van der Waals surface area contributed by atoms with Gasteiger partial charge in [-0.25, -0.2) is 15.0 Å². The monoisotopic (exact) mass is 444 g/mol. The fourth-order valence-corrected chi connectivity index (χ4v) is 4.27. The molecule has 166 valence electrons. The molecule has 1 atom stereocenters. The van der Waals surface area contributed by atoms with Gasteiger partial charge in [0.15, 0.2) is 5.78 Å². The number of rotatable bonds is 7. The Hall–Kier alpha value is -2.61. The molecule has 1 fully saturated rings. The van der Waals surface area contributed by atoms with Gasteiger partial charge in [-0.15, -0.1) is 0 Å². The number of aryl methyl sites for hydroxylation is 2. The summed E-state index contributed by atoms with van der Waals surface area (Å²) in [5, 5.41) is 0.168. The maximum Gasteiger partial charge on any atom is 0.225 e. The zero-order chi connectivity index (χ0) is 22.5. The van der Waals surface area contributed by atoms with E-state index in [2.05, 4.69) is 19.9 Å². The number of nitrogens with two attached hydrogens (primary N) is 1. The van der Waals surface area contributed by atoms with Crippen molar-refractivity contribution in [2.75, 3.05) is 18.8 Å². The number of nitrogens with zero attached hydrogens (tertiary/aromatic N) is 5. The number of anilines is 1. The lowest BCUT2D eigenvalue weighted by atomic mass is 9.89. The smallest absolute Gasteiger partial charge is 0.225 e. The molecule has 3 heterocycles. The minimum atomic E-state index is -0.406. The number of carbonyl (C=O) groups excluding carboxylic acids is 2. The van der Waals surface area contributed by atoms with Crippen LogP contribution in [0.4, 0.5) is 5.82 Å². The van der Waals surface area contributed by atoms with E-state index in [1.807, 2.05) is 18.7 Å². The SMILES string of the molecule is Cc1nc(C)c(CCC2CCN(C(=O)[C@H](C)CC(=O)c3cncc(Cl)n3)CC2)c(N)n1. The standard InChI is InChI=1S/C22H29ClN6O2/c1-13(10-19(30)18-11-25-12-20(23)28-18)22(31)29-8-6-16(7-9-29)4-5-17-14(2)26-15(3)27-21(17)24/h11-13,16H,4-10H2,1-3H3,(H2,24,26,27)/t13-/m1/s1. The van der Waals surface area contributed by atoms with Crippen molar-refractivity contribution in [3.8, 4) is 0 Å². The largest absolute Gasteiger partial charge is 0.383 e. The summed E-state index contributed by atoms with van der Waals surface area (Å²) in [5.41, 5.74) is 8.24. The molecule has 0 aromatic carbocycles. The van der Waals surface area contributed by atoms with Gasteiger partial charge in [-0.05, 0) is 45.4 Å². The fraction of sp³-hybridized carbons (Fsp3) is 0.545. The summed E-state index contributed by atoms with van der Waals surface area (Å²) in [6.45, 7) is 7.01. The molecule has 0 aliphatic carbocycles. The maximum absolute atomic E-state index is 12.8. The van der Waals surface area contributed by atoms with Crippen molar-refractivity contribution >= 4 is 29.1 Å². The number of likely N-dealkylation sites (tertiary alicyclic amines) is 1. The van der Waals surface area contributed by atoms with Crippen molar-refractivity contribution in [3.63, 3.8) is 0 Å². The third-order valence-electron chi connectivity index (χ3n) is 5.89. The number of nitrogen functional groups attached to an aromatic ring is 1. The second-order valence-electron chi connectivity index (χ2n) is 8.28. The van der Waals surface area contributed by atoms with Crippen LogP contribution < -0.4 is 5.73 Å². The minimum absolute atomic E-state index is 0.00816. The summed E-state index contributed by atoms with van der Waals surface area (Å²) in [6.07, 6.45) is 6.58. The fourth-order valence-electron chi connectivity index (χ4n) is 4.12. The van der Waals surface area contributed by atoms with Gasteiger partial charge in [-0.3, -0.25) is 14.6 Å². The van der Waals surface area contributed by atoms with Crippen LogP contribution in [-0.2, 0) is 11.2 Å². The quantitative estimate of drug-likeness (QED) is 0.652. The van der Waals surface area contributed by atoms with Gasteiger partial charge in [0.2, 0.25) is 5.91 Å². The molecule has 1 amide bonds. The van der Waals surface area contributed by atoms with Gasteiger partial charge in [0.05, 0.1) is 12.4 Å². The van der Waals surface area contributed by atoms with Gasteiger partial charge >= 0.3 is 0 Å². The molecule has 3 rings (SSSR count). The summed E-state index contributed by atoms with van der Waals surface area (Å²) in [5.74, 6) is 1.17. The van der Waals surface area contributed by atoms with Crippen LogP contribution in [0.3, 0.4) is 0 Å². The van der Waals surface area contributed by atoms with Crippen LogP contribution in [0.1, 0.15) is 60.2 Å². The summed E-state index contributed by atoms with van der Waals surface area (Å²) in [7, 11) is 0. The van der Waals surface area contributed by atoms with Gasteiger partial charge < -0.3 is 10.6 Å². The first-order valence-corrected chi connectivity index (χ1v) is 11.0. The van der Waals surface area contributed by atoms with Crippen molar-refractivity contribution in [2.45, 2.75) is 52.9 Å². The van der Waals surface area contributed by atoms with Crippen molar-refractivity contribution in [1.29, 1.82) is 0 Å². The molecule has 1 aliphatic heterocycles. The molecule has 2 aromatic heterocycles. The first kappa shape index (κ1) is 23.1. The molecule has 0 saturated carbocycles. The third-order valence-corrected chi connectivity index (χ3v) is 6.07. The van der Waals surface area contributed by atoms with Crippen LogP contribution in [0, 0.1) is 25.7 Å². The number of carbonyl (C=O) groups is 2. The first-order chi connectivity index (χ1) is 14.7. The van der Waals surface area contributed by atoms with Crippen molar-refractivity contribution in [3.05, 3.63) is 40.3 Å². The highest BCUT2D eigenvalue weighted by molar-refractivity contribution is 6.29. The molecule has 0 radical (unpaired) electrons. The Labute approximate surface area is 187 Å². The second-order valence-corrected chi connectivity index (χ2v) is 8.67. The van der Waals surface area contributed by atoms with E-state index in [1.54, 1.807) is 6.92 Å². The number of aromatic nitrogens is 4. The summed E-state index contributed by atoms with van der Waals surface area (Å²) in [6, 6.07) is 0. The predicted molar refractivity (Wildman–Crippen MR) is 119 cm³/mol. The molecule has 2 aromatic rings. The molecule has 2 N–H and O–H groups in total. The normalized spacial score (nSPS) is 15.7. The Kier molecular flexibility index (Phi) is 7.54. The van der Waals surface area contributed by atoms with Crippen LogP contribution in [-0.4, -0.2) is 49.6 Å². The zero-order valence-corrected chi connectivity index (χ0v) is 19.0. The van der Waals surface area contributed by atoms with E-state index in [9.17, 15) is 9.59 Å².